The van der Waals surface area contributed by atoms with Crippen LogP contribution in [-0.4, -0.2) is 27.8 Å². The third-order valence-electron chi connectivity index (χ3n) is 4.12. The van der Waals surface area contributed by atoms with E-state index in [1.807, 2.05) is 50.4 Å². The van der Waals surface area contributed by atoms with Crippen LogP contribution in [0.15, 0.2) is 42.7 Å². The van der Waals surface area contributed by atoms with Gasteiger partial charge in [-0.15, -0.1) is 12.4 Å². The molecule has 2 rings (SSSR count). The maximum atomic E-state index is 12.0. The predicted octanol–water partition coefficient (Wildman–Crippen LogP) is 2.47. The van der Waals surface area contributed by atoms with Gasteiger partial charge in [-0.05, 0) is 36.6 Å². The number of nitrogens with one attached hydrogen (secondary N) is 1. The third-order valence-corrected chi connectivity index (χ3v) is 4.12. The molecule has 126 valence electrons. The van der Waals surface area contributed by atoms with Gasteiger partial charge in [0.2, 0.25) is 5.91 Å². The first kappa shape index (κ1) is 19.2. The third kappa shape index (κ3) is 5.37. The zero-order chi connectivity index (χ0) is 16.0. The molecule has 0 aliphatic heterocycles. The van der Waals surface area contributed by atoms with E-state index >= 15 is 0 Å². The second-order valence-electron chi connectivity index (χ2n) is 5.64. The van der Waals surface area contributed by atoms with E-state index in [0.29, 0.717) is 13.0 Å². The van der Waals surface area contributed by atoms with Crippen molar-refractivity contribution in [1.82, 2.24) is 15.1 Å². The first-order valence-corrected chi connectivity index (χ1v) is 7.71. The first-order chi connectivity index (χ1) is 10.6. The molecule has 0 fully saturated rings. The Bertz CT molecular complexity index is 592. The molecule has 0 saturated carbocycles. The van der Waals surface area contributed by atoms with E-state index in [0.717, 1.165) is 24.1 Å². The number of hydrogen-bond acceptors (Lipinski definition) is 3. The lowest BCUT2D eigenvalue weighted by Gasteiger charge is -2.26. The molecule has 2 aromatic rings. The van der Waals surface area contributed by atoms with E-state index in [9.17, 15) is 4.79 Å². The largest absolute Gasteiger partial charge is 0.354 e. The number of aromatic nitrogens is 2. The molecule has 0 bridgehead atoms. The zero-order valence-corrected chi connectivity index (χ0v) is 14.5. The van der Waals surface area contributed by atoms with E-state index in [4.69, 9.17) is 5.73 Å². The van der Waals surface area contributed by atoms with Crippen LogP contribution >= 0.6 is 12.4 Å². The number of rotatable bonds is 7. The van der Waals surface area contributed by atoms with Gasteiger partial charge >= 0.3 is 0 Å². The molecule has 0 unspecified atom stereocenters. The molecule has 23 heavy (non-hydrogen) atoms. The van der Waals surface area contributed by atoms with Crippen molar-refractivity contribution in [3.05, 3.63) is 48.3 Å². The summed E-state index contributed by atoms with van der Waals surface area (Å²) >= 11 is 0. The quantitative estimate of drug-likeness (QED) is 0.815. The molecule has 0 aliphatic rings. The fraction of sp³-hybridized carbons (Fsp3) is 0.412. The molecule has 1 amide bonds. The van der Waals surface area contributed by atoms with Gasteiger partial charge in [0.05, 0.1) is 12.1 Å². The highest BCUT2D eigenvalue weighted by atomic mass is 35.5. The van der Waals surface area contributed by atoms with Crippen molar-refractivity contribution in [1.29, 1.82) is 0 Å². The summed E-state index contributed by atoms with van der Waals surface area (Å²) in [5.41, 5.74) is 7.84. The van der Waals surface area contributed by atoms with Gasteiger partial charge in [0.15, 0.2) is 0 Å². The number of halogens is 1. The number of benzene rings is 1. The van der Waals surface area contributed by atoms with Crippen molar-refractivity contribution in [3.8, 4) is 5.69 Å². The summed E-state index contributed by atoms with van der Waals surface area (Å²) < 4.78 is 1.79. The topological polar surface area (TPSA) is 72.9 Å². The normalized spacial score (nSPS) is 10.9. The average molecular weight is 337 g/mol. The number of hydrogen-bond donors (Lipinski definition) is 2. The molecule has 0 radical (unpaired) electrons. The molecule has 5 nitrogen and oxygen atoms in total. The highest BCUT2D eigenvalue weighted by molar-refractivity contribution is 5.85. The monoisotopic (exact) mass is 336 g/mol. The molecule has 1 aromatic carbocycles. The van der Waals surface area contributed by atoms with E-state index in [2.05, 4.69) is 10.4 Å². The molecule has 3 N–H and O–H groups in total. The second kappa shape index (κ2) is 8.70. The van der Waals surface area contributed by atoms with Gasteiger partial charge in [-0.2, -0.15) is 5.10 Å². The molecule has 0 saturated heterocycles. The van der Waals surface area contributed by atoms with Gasteiger partial charge in [0.1, 0.15) is 0 Å². The lowest BCUT2D eigenvalue weighted by atomic mass is 9.94. The van der Waals surface area contributed by atoms with Gasteiger partial charge in [0, 0.05) is 24.5 Å². The van der Waals surface area contributed by atoms with Crippen LogP contribution in [0.3, 0.4) is 0 Å². The van der Waals surface area contributed by atoms with Crippen molar-refractivity contribution in [2.75, 3.05) is 6.54 Å². The first-order valence-electron chi connectivity index (χ1n) is 7.71. The molecule has 0 atom stereocenters. The van der Waals surface area contributed by atoms with E-state index in [-0.39, 0.29) is 23.9 Å². The lowest BCUT2D eigenvalue weighted by molar-refractivity contribution is -0.120. The van der Waals surface area contributed by atoms with Gasteiger partial charge in [-0.25, -0.2) is 4.68 Å². The van der Waals surface area contributed by atoms with Crippen molar-refractivity contribution < 1.29 is 4.79 Å². The van der Waals surface area contributed by atoms with Crippen LogP contribution < -0.4 is 11.1 Å². The fourth-order valence-electron chi connectivity index (χ4n) is 2.21. The fourth-order valence-corrected chi connectivity index (χ4v) is 2.21. The summed E-state index contributed by atoms with van der Waals surface area (Å²) in [7, 11) is 0. The number of nitrogens with zero attached hydrogens (tertiary/aromatic N) is 2. The summed E-state index contributed by atoms with van der Waals surface area (Å²) in [4.78, 5) is 12.0. The summed E-state index contributed by atoms with van der Waals surface area (Å²) in [6, 6.07) is 9.70. The van der Waals surface area contributed by atoms with Crippen molar-refractivity contribution in [2.45, 2.75) is 38.6 Å². The Morgan fingerprint density at radius 2 is 1.91 bits per heavy atom. The Morgan fingerprint density at radius 3 is 2.43 bits per heavy atom. The standard InChI is InChI=1S/C17H24N4O.ClH/c1-3-17(18,4-2)13-19-16(22)12-14-6-8-15(9-7-14)21-11-5-10-20-21;/h5-11H,3-4,12-13,18H2,1-2H3,(H,19,22);1H. The van der Waals surface area contributed by atoms with Crippen LogP contribution in [0.1, 0.15) is 32.3 Å². The minimum absolute atomic E-state index is 0. The summed E-state index contributed by atoms with van der Waals surface area (Å²) in [5, 5.41) is 7.11. The summed E-state index contributed by atoms with van der Waals surface area (Å²) in [6.07, 6.45) is 5.69. The van der Waals surface area contributed by atoms with Crippen LogP contribution in [0.2, 0.25) is 0 Å². The maximum Gasteiger partial charge on any atom is 0.224 e. The minimum Gasteiger partial charge on any atom is -0.354 e. The molecular formula is C17H25ClN4O. The predicted molar refractivity (Wildman–Crippen MR) is 95.0 cm³/mol. The Labute approximate surface area is 143 Å². The van der Waals surface area contributed by atoms with E-state index in [1.165, 1.54) is 0 Å². The number of carbonyl (C=O) groups excluding carboxylic acids is 1. The van der Waals surface area contributed by atoms with Crippen molar-refractivity contribution in [3.63, 3.8) is 0 Å². The minimum atomic E-state index is -0.306. The van der Waals surface area contributed by atoms with Gasteiger partial charge in [0.25, 0.3) is 0 Å². The van der Waals surface area contributed by atoms with Crippen LogP contribution in [0.5, 0.6) is 0 Å². The van der Waals surface area contributed by atoms with Crippen LogP contribution in [0, 0.1) is 0 Å². The molecule has 0 spiro atoms. The Kier molecular flexibility index (Phi) is 7.26. The maximum absolute atomic E-state index is 12.0. The van der Waals surface area contributed by atoms with Gasteiger partial charge in [-0.3, -0.25) is 4.79 Å². The number of amides is 1. The van der Waals surface area contributed by atoms with Crippen molar-refractivity contribution >= 4 is 18.3 Å². The zero-order valence-electron chi connectivity index (χ0n) is 13.7. The Morgan fingerprint density at radius 1 is 1.26 bits per heavy atom. The molecule has 0 aliphatic carbocycles. The molecule has 1 aromatic heterocycles. The number of carbonyl (C=O) groups is 1. The van der Waals surface area contributed by atoms with E-state index in [1.54, 1.807) is 10.9 Å². The van der Waals surface area contributed by atoms with Crippen LogP contribution in [-0.2, 0) is 11.2 Å². The highest BCUT2D eigenvalue weighted by Crippen LogP contribution is 2.11. The molecular weight excluding hydrogens is 312 g/mol. The molecule has 6 heteroatoms. The summed E-state index contributed by atoms with van der Waals surface area (Å²) in [5.74, 6) is 0.00330. The SMILES string of the molecule is CCC(N)(CC)CNC(=O)Cc1ccc(-n2cccn2)cc1.Cl. The smallest absolute Gasteiger partial charge is 0.224 e. The molecule has 1 heterocycles. The van der Waals surface area contributed by atoms with Crippen LogP contribution in [0.25, 0.3) is 5.69 Å². The Hall–Kier alpha value is -1.85. The average Bonchev–Trinajstić information content (AvgIpc) is 3.08. The van der Waals surface area contributed by atoms with Crippen LogP contribution in [0.4, 0.5) is 0 Å². The Balaban J connectivity index is 0.00000264. The second-order valence-corrected chi connectivity index (χ2v) is 5.64. The highest BCUT2D eigenvalue weighted by Gasteiger charge is 2.20. The van der Waals surface area contributed by atoms with Crippen molar-refractivity contribution in [2.24, 2.45) is 5.73 Å². The lowest BCUT2D eigenvalue weighted by Crippen LogP contribution is -2.49. The van der Waals surface area contributed by atoms with Gasteiger partial charge < -0.3 is 11.1 Å². The van der Waals surface area contributed by atoms with Gasteiger partial charge in [-0.1, -0.05) is 26.0 Å². The number of nitrogens with two attached hydrogens (primary N) is 1. The van der Waals surface area contributed by atoms with E-state index < -0.39 is 0 Å². The summed E-state index contributed by atoms with van der Waals surface area (Å²) in [6.45, 7) is 4.61.